The lowest BCUT2D eigenvalue weighted by Crippen LogP contribution is -2.04. The van der Waals surface area contributed by atoms with E-state index in [1.807, 2.05) is 30.3 Å². The molecule has 8 heteroatoms. The van der Waals surface area contributed by atoms with Gasteiger partial charge in [0.1, 0.15) is 12.4 Å². The fraction of sp³-hybridized carbons (Fsp3) is 0.0625. The van der Waals surface area contributed by atoms with Crippen LogP contribution in [0.3, 0.4) is 0 Å². The van der Waals surface area contributed by atoms with Crippen molar-refractivity contribution in [3.8, 4) is 22.8 Å². The first-order valence-corrected chi connectivity index (χ1v) is 7.19. The summed E-state index contributed by atoms with van der Waals surface area (Å²) in [6.07, 6.45) is 0. The zero-order valence-electron chi connectivity index (χ0n) is 12.4. The van der Waals surface area contributed by atoms with Crippen LogP contribution < -0.4 is 0 Å². The van der Waals surface area contributed by atoms with E-state index in [1.54, 1.807) is 12.1 Å². The van der Waals surface area contributed by atoms with Crippen LogP contribution in [0, 0.1) is 5.82 Å². The third-order valence-corrected chi connectivity index (χ3v) is 3.30. The molecule has 7 nitrogen and oxygen atoms in total. The highest BCUT2D eigenvalue weighted by Gasteiger charge is 2.12. The molecular weight excluding hydrogens is 311 g/mol. The van der Waals surface area contributed by atoms with Crippen molar-refractivity contribution in [1.29, 1.82) is 0 Å². The fourth-order valence-electron chi connectivity index (χ4n) is 2.19. The average molecular weight is 322 g/mol. The van der Waals surface area contributed by atoms with Crippen molar-refractivity contribution in [2.24, 2.45) is 0 Å². The number of nitrogens with zero attached hydrogens (tertiary/aromatic N) is 6. The van der Waals surface area contributed by atoms with Gasteiger partial charge in [0.2, 0.25) is 17.6 Å². The Hall–Kier alpha value is -3.42. The van der Waals surface area contributed by atoms with Crippen molar-refractivity contribution in [2.75, 3.05) is 0 Å². The summed E-state index contributed by atoms with van der Waals surface area (Å²) in [6.45, 7) is 0.183. The van der Waals surface area contributed by atoms with E-state index in [0.717, 1.165) is 5.56 Å². The van der Waals surface area contributed by atoms with Crippen LogP contribution in [0.1, 0.15) is 5.89 Å². The summed E-state index contributed by atoms with van der Waals surface area (Å²) in [5.74, 6) is 0.706. The zero-order valence-corrected chi connectivity index (χ0v) is 12.4. The van der Waals surface area contributed by atoms with Gasteiger partial charge < -0.3 is 4.42 Å². The van der Waals surface area contributed by atoms with Gasteiger partial charge in [-0.25, -0.2) is 4.39 Å². The van der Waals surface area contributed by atoms with E-state index < -0.39 is 0 Å². The van der Waals surface area contributed by atoms with Crippen LogP contribution in [-0.2, 0) is 6.54 Å². The number of halogens is 1. The molecule has 0 saturated carbocycles. The van der Waals surface area contributed by atoms with Crippen molar-refractivity contribution >= 4 is 0 Å². The van der Waals surface area contributed by atoms with Crippen molar-refractivity contribution < 1.29 is 8.81 Å². The van der Waals surface area contributed by atoms with E-state index in [9.17, 15) is 4.39 Å². The first-order valence-electron chi connectivity index (χ1n) is 7.19. The van der Waals surface area contributed by atoms with E-state index in [-0.39, 0.29) is 18.3 Å². The maximum absolute atomic E-state index is 13.2. The van der Waals surface area contributed by atoms with Crippen molar-refractivity contribution in [2.45, 2.75) is 6.54 Å². The molecule has 4 aromatic rings. The van der Waals surface area contributed by atoms with Gasteiger partial charge >= 0.3 is 0 Å². The second-order valence-electron chi connectivity index (χ2n) is 5.02. The van der Waals surface area contributed by atoms with Crippen molar-refractivity contribution in [1.82, 2.24) is 30.4 Å². The zero-order chi connectivity index (χ0) is 16.4. The molecule has 0 spiro atoms. The Kier molecular flexibility index (Phi) is 3.54. The van der Waals surface area contributed by atoms with Gasteiger partial charge in [-0.3, -0.25) is 0 Å². The van der Waals surface area contributed by atoms with Crippen LogP contribution in [0.15, 0.2) is 59.0 Å². The van der Waals surface area contributed by atoms with Gasteiger partial charge in [-0.1, -0.05) is 36.4 Å². The molecule has 0 unspecified atom stereocenters. The van der Waals surface area contributed by atoms with Gasteiger partial charge in [0, 0.05) is 11.1 Å². The molecule has 0 atom stereocenters. The van der Waals surface area contributed by atoms with Crippen LogP contribution >= 0.6 is 0 Å². The Bertz CT molecular complexity index is 965. The molecule has 0 amide bonds. The molecule has 24 heavy (non-hydrogen) atoms. The third-order valence-electron chi connectivity index (χ3n) is 3.30. The summed E-state index contributed by atoms with van der Waals surface area (Å²) in [5.41, 5.74) is 1.39. The molecule has 0 aliphatic carbocycles. The summed E-state index contributed by atoms with van der Waals surface area (Å²) in [5, 5.41) is 20.1. The molecule has 118 valence electrons. The highest BCUT2D eigenvalue weighted by Crippen LogP contribution is 2.19. The summed E-state index contributed by atoms with van der Waals surface area (Å²) >= 11 is 0. The molecule has 0 radical (unpaired) electrons. The van der Waals surface area contributed by atoms with Crippen molar-refractivity contribution in [3.05, 3.63) is 66.3 Å². The van der Waals surface area contributed by atoms with E-state index in [2.05, 4.69) is 25.6 Å². The maximum atomic E-state index is 13.2. The van der Waals surface area contributed by atoms with Crippen LogP contribution in [0.2, 0.25) is 0 Å². The minimum atomic E-state index is -0.363. The van der Waals surface area contributed by atoms with Gasteiger partial charge in [-0.15, -0.1) is 20.4 Å². The quantitative estimate of drug-likeness (QED) is 0.574. The second-order valence-corrected chi connectivity index (χ2v) is 5.02. The lowest BCUT2D eigenvalue weighted by molar-refractivity contribution is 0.446. The molecule has 2 aromatic heterocycles. The average Bonchev–Trinajstić information content (AvgIpc) is 3.26. The smallest absolute Gasteiger partial charge is 0.247 e. The maximum Gasteiger partial charge on any atom is 0.247 e. The second kappa shape index (κ2) is 5.99. The van der Waals surface area contributed by atoms with Crippen LogP contribution in [0.5, 0.6) is 0 Å². The largest absolute Gasteiger partial charge is 0.419 e. The lowest BCUT2D eigenvalue weighted by Gasteiger charge is -1.95. The first kappa shape index (κ1) is 14.2. The van der Waals surface area contributed by atoms with Gasteiger partial charge in [-0.2, -0.15) is 4.80 Å². The lowest BCUT2D eigenvalue weighted by atomic mass is 10.2. The SMILES string of the molecule is Fc1cccc(-c2nnc(Cn3nnc(-c4ccccc4)n3)o2)c1. The Morgan fingerprint density at radius 2 is 1.75 bits per heavy atom. The summed E-state index contributed by atoms with van der Waals surface area (Å²) < 4.78 is 18.8. The van der Waals surface area contributed by atoms with E-state index >= 15 is 0 Å². The number of hydrogen-bond acceptors (Lipinski definition) is 6. The topological polar surface area (TPSA) is 82.5 Å². The normalized spacial score (nSPS) is 10.9. The van der Waals surface area contributed by atoms with E-state index in [1.165, 1.54) is 16.9 Å². The number of rotatable bonds is 4. The summed E-state index contributed by atoms with van der Waals surface area (Å²) in [7, 11) is 0. The van der Waals surface area contributed by atoms with Crippen LogP contribution in [0.4, 0.5) is 4.39 Å². The molecule has 0 bridgehead atoms. The molecule has 0 N–H and O–H groups in total. The number of aromatic nitrogens is 6. The third kappa shape index (κ3) is 2.89. The van der Waals surface area contributed by atoms with Gasteiger partial charge in [-0.05, 0) is 23.4 Å². The molecule has 0 saturated heterocycles. The fourth-order valence-corrected chi connectivity index (χ4v) is 2.19. The highest BCUT2D eigenvalue weighted by molar-refractivity contribution is 5.53. The van der Waals surface area contributed by atoms with E-state index in [4.69, 9.17) is 4.42 Å². The Labute approximate surface area is 135 Å². The number of tetrazole rings is 1. The molecule has 4 rings (SSSR count). The first-order chi connectivity index (χ1) is 11.8. The number of hydrogen-bond donors (Lipinski definition) is 0. The molecule has 2 heterocycles. The predicted octanol–water partition coefficient (Wildman–Crippen LogP) is 2.58. The van der Waals surface area contributed by atoms with Gasteiger partial charge in [0.15, 0.2) is 0 Å². The minimum Gasteiger partial charge on any atom is -0.419 e. The minimum absolute atomic E-state index is 0.183. The standard InChI is InChI=1S/C16H11FN6O/c17-13-8-4-7-12(9-13)16-20-18-14(24-16)10-23-21-15(19-22-23)11-5-2-1-3-6-11/h1-9H,10H2. The monoisotopic (exact) mass is 322 g/mol. The Morgan fingerprint density at radius 1 is 0.917 bits per heavy atom. The predicted molar refractivity (Wildman–Crippen MR) is 82.0 cm³/mol. The van der Waals surface area contributed by atoms with Crippen molar-refractivity contribution in [3.63, 3.8) is 0 Å². The van der Waals surface area contributed by atoms with Gasteiger partial charge in [0.25, 0.3) is 0 Å². The van der Waals surface area contributed by atoms with Crippen LogP contribution in [-0.4, -0.2) is 30.4 Å². The molecule has 0 aliphatic heterocycles. The van der Waals surface area contributed by atoms with E-state index in [0.29, 0.717) is 17.3 Å². The summed E-state index contributed by atoms with van der Waals surface area (Å²) in [6, 6.07) is 15.5. The molecule has 0 fully saturated rings. The Morgan fingerprint density at radius 3 is 2.58 bits per heavy atom. The summed E-state index contributed by atoms with van der Waals surface area (Å²) in [4.78, 5) is 1.37. The van der Waals surface area contributed by atoms with Gasteiger partial charge in [0.05, 0.1) is 0 Å². The Balaban J connectivity index is 1.54. The molecular formula is C16H11FN6O. The highest BCUT2D eigenvalue weighted by atomic mass is 19.1. The van der Waals surface area contributed by atoms with Crippen LogP contribution in [0.25, 0.3) is 22.8 Å². The number of benzene rings is 2. The molecule has 2 aromatic carbocycles. The molecule has 0 aliphatic rings.